The van der Waals surface area contributed by atoms with Gasteiger partial charge in [0.15, 0.2) is 5.82 Å². The average molecular weight is 415 g/mol. The van der Waals surface area contributed by atoms with Crippen LogP contribution in [0.25, 0.3) is 0 Å². The fourth-order valence-corrected chi connectivity index (χ4v) is 2.98. The molecule has 2 rings (SSSR count). The normalized spacial score (nSPS) is 10.4. The van der Waals surface area contributed by atoms with Crippen LogP contribution >= 0.6 is 0 Å². The van der Waals surface area contributed by atoms with Gasteiger partial charge in [-0.1, -0.05) is 29.3 Å². The van der Waals surface area contributed by atoms with Gasteiger partial charge in [-0.05, 0) is 37.9 Å². The molecule has 0 atom stereocenters. The number of oxime groups is 1. The van der Waals surface area contributed by atoms with Gasteiger partial charge in [-0.15, -0.1) is 0 Å². The molecule has 1 aromatic heterocycles. The van der Waals surface area contributed by atoms with E-state index in [1.165, 1.54) is 21.3 Å². The molecule has 0 fully saturated rings. The minimum Gasteiger partial charge on any atom is -0.391 e. The average Bonchev–Trinajstić information content (AvgIpc) is 2.65. The lowest BCUT2D eigenvalue weighted by atomic mass is 10.1. The minimum absolute atomic E-state index is 0.110. The van der Waals surface area contributed by atoms with E-state index in [1.807, 2.05) is 0 Å². The number of aromatic nitrogens is 2. The van der Waals surface area contributed by atoms with Gasteiger partial charge in [0.05, 0.1) is 6.54 Å². The number of benzene rings is 1. The lowest BCUT2D eigenvalue weighted by molar-refractivity contribution is -0.122. The summed E-state index contributed by atoms with van der Waals surface area (Å²) in [6, 6.07) is 6.36. The first-order valence-corrected chi connectivity index (χ1v) is 9.61. The molecule has 0 aliphatic rings. The van der Waals surface area contributed by atoms with E-state index in [-0.39, 0.29) is 42.9 Å². The van der Waals surface area contributed by atoms with Crippen LogP contribution in [-0.2, 0) is 22.6 Å². The Morgan fingerprint density at radius 3 is 2.53 bits per heavy atom. The van der Waals surface area contributed by atoms with Crippen LogP contribution < -0.4 is 27.7 Å². The van der Waals surface area contributed by atoms with Crippen LogP contribution in [0.2, 0.25) is 0 Å². The summed E-state index contributed by atoms with van der Waals surface area (Å²) in [6.45, 7) is 6.59. The maximum absolute atomic E-state index is 12.7. The van der Waals surface area contributed by atoms with Crippen LogP contribution in [0, 0.1) is 20.8 Å². The number of amides is 1. The number of nitrogens with one attached hydrogen (secondary N) is 2. The first-order chi connectivity index (χ1) is 14.3. The Morgan fingerprint density at radius 1 is 1.17 bits per heavy atom. The predicted molar refractivity (Wildman–Crippen MR) is 116 cm³/mol. The fourth-order valence-electron chi connectivity index (χ4n) is 2.98. The summed E-state index contributed by atoms with van der Waals surface area (Å²) in [4.78, 5) is 33.8. The number of guanidine groups is 1. The van der Waals surface area contributed by atoms with E-state index in [0.717, 1.165) is 6.42 Å². The Kier molecular flexibility index (Phi) is 8.21. The summed E-state index contributed by atoms with van der Waals surface area (Å²) in [5.74, 6) is -0.312. The second-order valence-corrected chi connectivity index (χ2v) is 7.01. The summed E-state index contributed by atoms with van der Waals surface area (Å²) in [7, 11) is 0. The monoisotopic (exact) mass is 415 g/mol. The van der Waals surface area contributed by atoms with E-state index in [0.29, 0.717) is 12.2 Å². The second kappa shape index (κ2) is 10.8. The van der Waals surface area contributed by atoms with Crippen LogP contribution in [0.5, 0.6) is 0 Å². The quantitative estimate of drug-likeness (QED) is 0.187. The molecule has 1 heterocycles. The van der Waals surface area contributed by atoms with Crippen molar-refractivity contribution in [3.8, 4) is 0 Å². The van der Waals surface area contributed by atoms with Gasteiger partial charge >= 0.3 is 0 Å². The number of rotatable bonds is 10. The molecule has 10 heteroatoms. The molecule has 0 radical (unpaired) electrons. The zero-order valence-electron chi connectivity index (χ0n) is 17.6. The van der Waals surface area contributed by atoms with Gasteiger partial charge in [0.2, 0.25) is 11.9 Å². The number of hydrogen-bond acceptors (Lipinski definition) is 6. The van der Waals surface area contributed by atoms with E-state index in [9.17, 15) is 9.59 Å². The Morgan fingerprint density at radius 2 is 1.87 bits per heavy atom. The van der Waals surface area contributed by atoms with Crippen molar-refractivity contribution in [1.29, 1.82) is 0 Å². The number of nitrogens with zero attached hydrogens (tertiary/aromatic N) is 3. The standard InChI is InChI=1S/C20H29N7O3/c1-13-8-14(2)10-16(9-13)4-5-24-18-19(29)27(15(3)11-25-18)12-17(28)23-6-7-30-26-20(21)22/h8-11H,4-7,12H2,1-3H3,(H,23,28)(H,24,25)(H4,21,22,26). The highest BCUT2D eigenvalue weighted by molar-refractivity contribution is 5.76. The number of aryl methyl sites for hydroxylation is 3. The number of anilines is 1. The van der Waals surface area contributed by atoms with Crippen molar-refractivity contribution < 1.29 is 9.63 Å². The van der Waals surface area contributed by atoms with Crippen LogP contribution in [0.4, 0.5) is 5.82 Å². The Hall–Kier alpha value is -3.56. The SMILES string of the molecule is Cc1cc(C)cc(CCNc2ncc(C)n(CC(=O)NCCON=C(N)N)c2=O)c1. The first kappa shape index (κ1) is 22.7. The number of carbonyl (C=O) groups excluding carboxylic acids is 1. The molecule has 0 unspecified atom stereocenters. The van der Waals surface area contributed by atoms with Gasteiger partial charge in [0.1, 0.15) is 13.2 Å². The predicted octanol–water partition coefficient (Wildman–Crippen LogP) is 0.144. The highest BCUT2D eigenvalue weighted by Crippen LogP contribution is 2.09. The summed E-state index contributed by atoms with van der Waals surface area (Å²) >= 11 is 0. The highest BCUT2D eigenvalue weighted by atomic mass is 16.6. The largest absolute Gasteiger partial charge is 0.391 e. The summed E-state index contributed by atoms with van der Waals surface area (Å²) in [5, 5.41) is 9.07. The van der Waals surface area contributed by atoms with Crippen LogP contribution in [0.1, 0.15) is 22.4 Å². The molecular formula is C20H29N7O3. The molecule has 0 bridgehead atoms. The molecule has 0 aliphatic heterocycles. The molecular weight excluding hydrogens is 386 g/mol. The Bertz CT molecular complexity index is 945. The molecule has 0 aliphatic carbocycles. The zero-order valence-corrected chi connectivity index (χ0v) is 17.6. The van der Waals surface area contributed by atoms with E-state index in [2.05, 4.69) is 52.8 Å². The van der Waals surface area contributed by atoms with Gasteiger partial charge in [0.25, 0.3) is 5.56 Å². The maximum atomic E-state index is 12.7. The maximum Gasteiger partial charge on any atom is 0.293 e. The summed E-state index contributed by atoms with van der Waals surface area (Å²) < 4.78 is 1.37. The molecule has 0 saturated heterocycles. The Labute approximate surface area is 175 Å². The first-order valence-electron chi connectivity index (χ1n) is 9.61. The smallest absolute Gasteiger partial charge is 0.293 e. The highest BCUT2D eigenvalue weighted by Gasteiger charge is 2.11. The van der Waals surface area contributed by atoms with Gasteiger partial charge in [-0.3, -0.25) is 14.2 Å². The lowest BCUT2D eigenvalue weighted by Gasteiger charge is -2.12. The van der Waals surface area contributed by atoms with Crippen molar-refractivity contribution >= 4 is 17.7 Å². The summed E-state index contributed by atoms with van der Waals surface area (Å²) in [6.07, 6.45) is 2.32. The minimum atomic E-state index is -0.345. The molecule has 0 spiro atoms. The summed E-state index contributed by atoms with van der Waals surface area (Å²) in [5.41, 5.74) is 14.1. The van der Waals surface area contributed by atoms with Crippen LogP contribution in [0.3, 0.4) is 0 Å². The van der Waals surface area contributed by atoms with Gasteiger partial charge in [0, 0.05) is 18.4 Å². The molecule has 0 saturated carbocycles. The third-order valence-corrected chi connectivity index (χ3v) is 4.23. The third-order valence-electron chi connectivity index (χ3n) is 4.23. The lowest BCUT2D eigenvalue weighted by Crippen LogP contribution is -2.36. The molecule has 1 aromatic carbocycles. The van der Waals surface area contributed by atoms with Crippen molar-refractivity contribution in [2.24, 2.45) is 16.6 Å². The second-order valence-electron chi connectivity index (χ2n) is 7.01. The zero-order chi connectivity index (χ0) is 22.1. The van der Waals surface area contributed by atoms with Crippen molar-refractivity contribution in [1.82, 2.24) is 14.9 Å². The van der Waals surface area contributed by atoms with E-state index in [4.69, 9.17) is 16.3 Å². The van der Waals surface area contributed by atoms with E-state index >= 15 is 0 Å². The van der Waals surface area contributed by atoms with Crippen LogP contribution in [-0.4, -0.2) is 41.1 Å². The molecule has 1 amide bonds. The van der Waals surface area contributed by atoms with E-state index in [1.54, 1.807) is 13.1 Å². The van der Waals surface area contributed by atoms with Crippen molar-refractivity contribution in [3.05, 3.63) is 57.1 Å². The van der Waals surface area contributed by atoms with Crippen molar-refractivity contribution in [3.63, 3.8) is 0 Å². The molecule has 10 nitrogen and oxygen atoms in total. The van der Waals surface area contributed by atoms with Crippen molar-refractivity contribution in [2.75, 3.05) is 25.0 Å². The number of hydrogen-bond donors (Lipinski definition) is 4. The van der Waals surface area contributed by atoms with Gasteiger partial charge in [-0.25, -0.2) is 4.98 Å². The fraction of sp³-hybridized carbons (Fsp3) is 0.400. The molecule has 6 N–H and O–H groups in total. The third kappa shape index (κ3) is 7.12. The van der Waals surface area contributed by atoms with Crippen molar-refractivity contribution in [2.45, 2.75) is 33.7 Å². The van der Waals surface area contributed by atoms with Gasteiger partial charge in [-0.2, -0.15) is 0 Å². The molecule has 30 heavy (non-hydrogen) atoms. The molecule has 162 valence electrons. The topological polar surface area (TPSA) is 150 Å². The Balaban J connectivity index is 1.93. The molecule has 2 aromatic rings. The number of nitrogens with two attached hydrogens (primary N) is 2. The van der Waals surface area contributed by atoms with E-state index < -0.39 is 0 Å². The van der Waals surface area contributed by atoms with Crippen LogP contribution in [0.15, 0.2) is 34.3 Å². The number of carbonyl (C=O) groups is 1. The van der Waals surface area contributed by atoms with Gasteiger partial charge < -0.3 is 26.9 Å².